The number of methoxy groups -OCH3 is 1. The van der Waals surface area contributed by atoms with Crippen LogP contribution in [0.2, 0.25) is 0 Å². The van der Waals surface area contributed by atoms with Gasteiger partial charge in [-0.2, -0.15) is 0 Å². The Kier molecular flexibility index (Phi) is 6.61. The molecule has 2 rings (SSSR count). The van der Waals surface area contributed by atoms with E-state index in [1.165, 1.54) is 5.56 Å². The minimum Gasteiger partial charge on any atom is -0.493 e. The maximum atomic E-state index is 5.93. The first-order valence-electron chi connectivity index (χ1n) is 7.23. The lowest BCUT2D eigenvalue weighted by molar-refractivity contribution is 0.284. The second-order valence-electron chi connectivity index (χ2n) is 4.87. The Bertz CT molecular complexity index is 518. The first-order chi connectivity index (χ1) is 10.3. The Morgan fingerprint density at radius 1 is 0.952 bits per heavy atom. The number of hydrogen-bond acceptors (Lipinski definition) is 2. The molecule has 2 aromatic rings. The zero-order valence-corrected chi connectivity index (χ0v) is 13.9. The molecule has 112 valence electrons. The van der Waals surface area contributed by atoms with Crippen LogP contribution in [0.3, 0.4) is 0 Å². The van der Waals surface area contributed by atoms with Crippen molar-refractivity contribution in [2.75, 3.05) is 13.7 Å². The molecule has 0 saturated carbocycles. The number of hydrogen-bond donors (Lipinski definition) is 0. The van der Waals surface area contributed by atoms with Crippen molar-refractivity contribution in [3.8, 4) is 11.5 Å². The first-order valence-corrected chi connectivity index (χ1v) is 8.36. The van der Waals surface area contributed by atoms with E-state index in [9.17, 15) is 0 Å². The maximum Gasteiger partial charge on any atom is 0.165 e. The third kappa shape index (κ3) is 4.78. The van der Waals surface area contributed by atoms with Crippen LogP contribution in [-0.2, 0) is 11.8 Å². The predicted octanol–water partition coefficient (Wildman–Crippen LogP) is 4.99. The molecular formula is C18H21BrO2. The largest absolute Gasteiger partial charge is 0.493 e. The topological polar surface area (TPSA) is 18.5 Å². The Labute approximate surface area is 135 Å². The molecule has 0 aromatic heterocycles. The molecule has 0 amide bonds. The first kappa shape index (κ1) is 15.9. The Morgan fingerprint density at radius 2 is 1.76 bits per heavy atom. The molecule has 0 aliphatic rings. The van der Waals surface area contributed by atoms with Crippen molar-refractivity contribution in [3.63, 3.8) is 0 Å². The number of benzene rings is 2. The van der Waals surface area contributed by atoms with E-state index in [0.29, 0.717) is 6.61 Å². The molecule has 0 heterocycles. The van der Waals surface area contributed by atoms with E-state index in [0.717, 1.165) is 41.7 Å². The summed E-state index contributed by atoms with van der Waals surface area (Å²) < 4.78 is 11.3. The van der Waals surface area contributed by atoms with Crippen molar-refractivity contribution in [2.24, 2.45) is 0 Å². The minimum absolute atomic E-state index is 0.715. The van der Waals surface area contributed by atoms with Gasteiger partial charge in [0.25, 0.3) is 0 Å². The van der Waals surface area contributed by atoms with Crippen LogP contribution in [0.4, 0.5) is 0 Å². The molecule has 0 saturated heterocycles. The second-order valence-corrected chi connectivity index (χ2v) is 5.43. The van der Waals surface area contributed by atoms with E-state index < -0.39 is 0 Å². The quantitative estimate of drug-likeness (QED) is 0.494. The molecule has 3 heteroatoms. The normalized spacial score (nSPS) is 10.4. The average molecular weight is 349 g/mol. The van der Waals surface area contributed by atoms with Crippen LogP contribution in [0.25, 0.3) is 0 Å². The summed E-state index contributed by atoms with van der Waals surface area (Å²) in [6.45, 7) is 0.715. The van der Waals surface area contributed by atoms with Crippen LogP contribution in [0, 0.1) is 0 Å². The number of alkyl halides is 1. The summed E-state index contributed by atoms with van der Waals surface area (Å²) in [5.41, 5.74) is 2.51. The summed E-state index contributed by atoms with van der Waals surface area (Å²) in [7, 11) is 1.68. The lowest BCUT2D eigenvalue weighted by Crippen LogP contribution is -2.02. The Hall–Kier alpha value is -1.48. The Balaban J connectivity index is 1.81. The summed E-state index contributed by atoms with van der Waals surface area (Å²) in [6.07, 6.45) is 3.26. The predicted molar refractivity (Wildman–Crippen MR) is 90.5 cm³/mol. The third-order valence-electron chi connectivity index (χ3n) is 3.37. The fourth-order valence-corrected chi connectivity index (χ4v) is 2.68. The van der Waals surface area contributed by atoms with Crippen LogP contribution in [0.5, 0.6) is 11.5 Å². The second kappa shape index (κ2) is 8.73. The van der Waals surface area contributed by atoms with E-state index in [4.69, 9.17) is 9.47 Å². The van der Waals surface area contributed by atoms with Crippen molar-refractivity contribution in [1.82, 2.24) is 0 Å². The van der Waals surface area contributed by atoms with Crippen LogP contribution in [0.1, 0.15) is 24.0 Å². The van der Waals surface area contributed by atoms with Gasteiger partial charge in [0.05, 0.1) is 13.7 Å². The van der Waals surface area contributed by atoms with Crippen LogP contribution in [-0.4, -0.2) is 13.7 Å². The highest BCUT2D eigenvalue weighted by Gasteiger charge is 2.09. The lowest BCUT2D eigenvalue weighted by Gasteiger charge is -2.13. The van der Waals surface area contributed by atoms with Gasteiger partial charge < -0.3 is 9.47 Å². The van der Waals surface area contributed by atoms with Gasteiger partial charge in [-0.3, -0.25) is 0 Å². The van der Waals surface area contributed by atoms with Gasteiger partial charge in [-0.15, -0.1) is 0 Å². The smallest absolute Gasteiger partial charge is 0.165 e. The van der Waals surface area contributed by atoms with Gasteiger partial charge in [-0.05, 0) is 30.9 Å². The van der Waals surface area contributed by atoms with Crippen molar-refractivity contribution in [3.05, 3.63) is 59.7 Å². The van der Waals surface area contributed by atoms with Gasteiger partial charge in [0, 0.05) is 10.9 Å². The number of rotatable bonds is 8. The number of halogens is 1. The summed E-state index contributed by atoms with van der Waals surface area (Å²) in [5.74, 6) is 1.66. The van der Waals surface area contributed by atoms with Crippen molar-refractivity contribution < 1.29 is 9.47 Å². The number of unbranched alkanes of at least 4 members (excludes halogenated alkanes) is 1. The molecule has 0 spiro atoms. The summed E-state index contributed by atoms with van der Waals surface area (Å²) in [4.78, 5) is 0. The standard InChI is InChI=1S/C18H21BrO2/c1-20-17-12-7-11-16(14-19)18(17)21-13-6-5-10-15-8-3-2-4-9-15/h2-4,7-9,11-12H,5-6,10,13-14H2,1H3. The maximum absolute atomic E-state index is 5.93. The summed E-state index contributed by atoms with van der Waals surface area (Å²) in [5, 5.41) is 0.767. The fraction of sp³-hybridized carbons (Fsp3) is 0.333. The highest BCUT2D eigenvalue weighted by atomic mass is 79.9. The van der Waals surface area contributed by atoms with Gasteiger partial charge in [-0.1, -0.05) is 58.4 Å². The van der Waals surface area contributed by atoms with Crippen molar-refractivity contribution in [2.45, 2.75) is 24.6 Å². The molecule has 0 aliphatic carbocycles. The van der Waals surface area contributed by atoms with Gasteiger partial charge >= 0.3 is 0 Å². The van der Waals surface area contributed by atoms with E-state index in [1.807, 2.05) is 12.1 Å². The molecule has 0 bridgehead atoms. The molecule has 21 heavy (non-hydrogen) atoms. The zero-order valence-electron chi connectivity index (χ0n) is 12.3. The SMILES string of the molecule is COc1cccc(CBr)c1OCCCCc1ccccc1. The van der Waals surface area contributed by atoms with Crippen LogP contribution < -0.4 is 9.47 Å². The van der Waals surface area contributed by atoms with E-state index in [1.54, 1.807) is 7.11 Å². The number of ether oxygens (including phenoxy) is 2. The molecule has 0 atom stereocenters. The highest BCUT2D eigenvalue weighted by molar-refractivity contribution is 9.08. The molecule has 0 aliphatic heterocycles. The third-order valence-corrected chi connectivity index (χ3v) is 3.98. The van der Waals surface area contributed by atoms with Gasteiger partial charge in [0.15, 0.2) is 11.5 Å². The van der Waals surface area contributed by atoms with Gasteiger partial charge in [-0.25, -0.2) is 0 Å². The monoisotopic (exact) mass is 348 g/mol. The molecule has 2 nitrogen and oxygen atoms in total. The van der Waals surface area contributed by atoms with Crippen LogP contribution >= 0.6 is 15.9 Å². The summed E-state index contributed by atoms with van der Waals surface area (Å²) in [6, 6.07) is 16.5. The Morgan fingerprint density at radius 3 is 2.48 bits per heavy atom. The van der Waals surface area contributed by atoms with Gasteiger partial charge in [0.2, 0.25) is 0 Å². The van der Waals surface area contributed by atoms with E-state index >= 15 is 0 Å². The number of para-hydroxylation sites is 1. The van der Waals surface area contributed by atoms with Crippen molar-refractivity contribution >= 4 is 15.9 Å². The van der Waals surface area contributed by atoms with E-state index in [2.05, 4.69) is 52.3 Å². The molecule has 0 fully saturated rings. The number of aryl methyl sites for hydroxylation is 1. The molecule has 2 aromatic carbocycles. The highest BCUT2D eigenvalue weighted by Crippen LogP contribution is 2.32. The van der Waals surface area contributed by atoms with E-state index in [-0.39, 0.29) is 0 Å². The zero-order chi connectivity index (χ0) is 14.9. The average Bonchev–Trinajstić information content (AvgIpc) is 2.55. The lowest BCUT2D eigenvalue weighted by atomic mass is 10.1. The van der Waals surface area contributed by atoms with Crippen LogP contribution in [0.15, 0.2) is 48.5 Å². The minimum atomic E-state index is 0.715. The molecule has 0 N–H and O–H groups in total. The summed E-state index contributed by atoms with van der Waals surface area (Å²) >= 11 is 3.49. The molecule has 0 radical (unpaired) electrons. The van der Waals surface area contributed by atoms with Crippen molar-refractivity contribution in [1.29, 1.82) is 0 Å². The molecular weight excluding hydrogens is 328 g/mol. The van der Waals surface area contributed by atoms with Gasteiger partial charge in [0.1, 0.15) is 0 Å². The fourth-order valence-electron chi connectivity index (χ4n) is 2.24. The molecule has 0 unspecified atom stereocenters.